The minimum Gasteiger partial charge on any atom is -0.459 e. The number of anilines is 2. The number of amides is 3. The Bertz CT molecular complexity index is 941. The van der Waals surface area contributed by atoms with Gasteiger partial charge < -0.3 is 20.4 Å². The van der Waals surface area contributed by atoms with Crippen molar-refractivity contribution in [2.45, 2.75) is 6.54 Å². The van der Waals surface area contributed by atoms with Crippen LogP contribution < -0.4 is 16.0 Å². The maximum absolute atomic E-state index is 12.0. The lowest BCUT2D eigenvalue weighted by Gasteiger charge is -2.10. The van der Waals surface area contributed by atoms with Gasteiger partial charge in [-0.3, -0.25) is 4.79 Å². The van der Waals surface area contributed by atoms with Gasteiger partial charge in [-0.15, -0.1) is 0 Å². The predicted molar refractivity (Wildman–Crippen MR) is 105 cm³/mol. The lowest BCUT2D eigenvalue weighted by molar-refractivity contribution is 0.0996. The molecule has 0 aliphatic rings. The van der Waals surface area contributed by atoms with Gasteiger partial charge in [-0.05, 0) is 48.0 Å². The molecular formula is C19H15Cl2N3O3. The monoisotopic (exact) mass is 403 g/mol. The summed E-state index contributed by atoms with van der Waals surface area (Å²) in [5.74, 6) is -0.238. The molecule has 6 nitrogen and oxygen atoms in total. The van der Waals surface area contributed by atoms with Gasteiger partial charge in [0.1, 0.15) is 0 Å². The first-order valence-corrected chi connectivity index (χ1v) is 8.70. The highest BCUT2D eigenvalue weighted by Crippen LogP contribution is 2.26. The van der Waals surface area contributed by atoms with E-state index < -0.39 is 5.91 Å². The second kappa shape index (κ2) is 8.62. The molecule has 3 N–H and O–H groups in total. The number of hydrogen-bond donors (Lipinski definition) is 3. The molecule has 8 heteroatoms. The van der Waals surface area contributed by atoms with Crippen molar-refractivity contribution < 1.29 is 14.0 Å². The zero-order valence-electron chi connectivity index (χ0n) is 14.0. The largest absolute Gasteiger partial charge is 0.459 e. The Hall–Kier alpha value is -2.96. The molecule has 0 spiro atoms. The number of carbonyl (C=O) groups excluding carboxylic acids is 2. The smallest absolute Gasteiger partial charge is 0.319 e. The van der Waals surface area contributed by atoms with Crippen LogP contribution in [0.25, 0.3) is 0 Å². The van der Waals surface area contributed by atoms with Crippen LogP contribution in [0.2, 0.25) is 10.0 Å². The number of benzene rings is 2. The average molecular weight is 404 g/mol. The highest BCUT2D eigenvalue weighted by Gasteiger charge is 2.12. The van der Waals surface area contributed by atoms with Crippen LogP contribution >= 0.6 is 23.2 Å². The molecule has 1 aromatic heterocycles. The van der Waals surface area contributed by atoms with Crippen LogP contribution in [0.5, 0.6) is 0 Å². The van der Waals surface area contributed by atoms with Crippen LogP contribution in [0, 0.1) is 0 Å². The predicted octanol–water partition coefficient (Wildman–Crippen LogP) is 5.16. The molecule has 0 aliphatic carbocycles. The van der Waals surface area contributed by atoms with Crippen molar-refractivity contribution in [3.8, 4) is 0 Å². The van der Waals surface area contributed by atoms with Crippen molar-refractivity contribution >= 4 is 46.5 Å². The fourth-order valence-electron chi connectivity index (χ4n) is 2.25. The van der Waals surface area contributed by atoms with Crippen molar-refractivity contribution in [3.63, 3.8) is 0 Å². The molecule has 0 radical (unpaired) electrons. The second-order valence-electron chi connectivity index (χ2n) is 5.56. The van der Waals surface area contributed by atoms with Gasteiger partial charge in [0.15, 0.2) is 5.76 Å². The quantitative estimate of drug-likeness (QED) is 0.549. The van der Waals surface area contributed by atoms with Gasteiger partial charge in [-0.25, -0.2) is 4.79 Å². The Balaban J connectivity index is 1.55. The van der Waals surface area contributed by atoms with Gasteiger partial charge in [-0.1, -0.05) is 35.3 Å². The van der Waals surface area contributed by atoms with Crippen molar-refractivity contribution in [1.29, 1.82) is 0 Å². The molecule has 27 heavy (non-hydrogen) atoms. The third-order valence-electron chi connectivity index (χ3n) is 3.59. The molecule has 2 aromatic carbocycles. The standard InChI is InChI=1S/C19H15Cl2N3O3/c20-13-5-3-12(4-6-13)11-22-19(26)23-14-7-8-16(15(21)10-14)24-18(25)17-2-1-9-27-17/h1-10H,11H2,(H,24,25)(H2,22,23,26). The highest BCUT2D eigenvalue weighted by molar-refractivity contribution is 6.34. The van der Waals surface area contributed by atoms with E-state index in [1.807, 2.05) is 12.1 Å². The number of rotatable bonds is 5. The highest BCUT2D eigenvalue weighted by atomic mass is 35.5. The molecule has 1 heterocycles. The number of carbonyl (C=O) groups is 2. The van der Waals surface area contributed by atoms with Crippen molar-refractivity contribution in [3.05, 3.63) is 82.2 Å². The van der Waals surface area contributed by atoms with E-state index in [0.29, 0.717) is 22.9 Å². The van der Waals surface area contributed by atoms with Crippen LogP contribution in [0.1, 0.15) is 16.1 Å². The van der Waals surface area contributed by atoms with Crippen LogP contribution in [-0.2, 0) is 6.54 Å². The lowest BCUT2D eigenvalue weighted by atomic mass is 10.2. The van der Waals surface area contributed by atoms with Gasteiger partial charge in [0, 0.05) is 17.3 Å². The van der Waals surface area contributed by atoms with Crippen LogP contribution in [-0.4, -0.2) is 11.9 Å². The minimum atomic E-state index is -0.414. The summed E-state index contributed by atoms with van der Waals surface area (Å²) in [6.45, 7) is 0.355. The molecule has 0 bridgehead atoms. The zero-order chi connectivity index (χ0) is 19.2. The normalized spacial score (nSPS) is 10.3. The minimum absolute atomic E-state index is 0.176. The molecule has 0 saturated heterocycles. The van der Waals surface area contributed by atoms with Crippen LogP contribution in [0.15, 0.2) is 65.3 Å². The number of nitrogens with one attached hydrogen (secondary N) is 3. The molecular weight excluding hydrogens is 389 g/mol. The molecule has 3 aromatic rings. The molecule has 0 fully saturated rings. The first-order valence-electron chi connectivity index (χ1n) is 7.95. The fraction of sp³-hybridized carbons (Fsp3) is 0.0526. The Morgan fingerprint density at radius 1 is 0.963 bits per heavy atom. The van der Waals surface area contributed by atoms with Gasteiger partial charge in [0.25, 0.3) is 5.91 Å². The lowest BCUT2D eigenvalue weighted by Crippen LogP contribution is -2.28. The summed E-state index contributed by atoms with van der Waals surface area (Å²) in [6.07, 6.45) is 1.41. The number of hydrogen-bond acceptors (Lipinski definition) is 3. The summed E-state index contributed by atoms with van der Waals surface area (Å²) >= 11 is 12.0. The summed E-state index contributed by atoms with van der Waals surface area (Å²) in [5, 5.41) is 8.97. The number of urea groups is 1. The Morgan fingerprint density at radius 2 is 1.74 bits per heavy atom. The second-order valence-corrected chi connectivity index (χ2v) is 6.40. The third kappa shape index (κ3) is 5.26. The summed E-state index contributed by atoms with van der Waals surface area (Å²) in [5.41, 5.74) is 1.82. The topological polar surface area (TPSA) is 83.4 Å². The molecule has 0 aliphatic heterocycles. The molecule has 138 valence electrons. The number of furan rings is 1. The third-order valence-corrected chi connectivity index (χ3v) is 4.15. The SMILES string of the molecule is O=C(NCc1ccc(Cl)cc1)Nc1ccc(NC(=O)c2ccco2)c(Cl)c1. The van der Waals surface area contributed by atoms with Gasteiger partial charge in [0.05, 0.1) is 17.0 Å². The fourth-order valence-corrected chi connectivity index (χ4v) is 2.60. The molecule has 3 amide bonds. The van der Waals surface area contributed by atoms with E-state index in [2.05, 4.69) is 16.0 Å². The summed E-state index contributed by atoms with van der Waals surface area (Å²) in [7, 11) is 0. The van der Waals surface area contributed by atoms with E-state index in [4.69, 9.17) is 27.6 Å². The zero-order valence-corrected chi connectivity index (χ0v) is 15.5. The van der Waals surface area contributed by atoms with E-state index in [0.717, 1.165) is 5.56 Å². The summed E-state index contributed by atoms with van der Waals surface area (Å²) in [4.78, 5) is 24.0. The summed E-state index contributed by atoms with van der Waals surface area (Å²) < 4.78 is 5.03. The Kier molecular flexibility index (Phi) is 6.01. The maximum Gasteiger partial charge on any atom is 0.319 e. The van der Waals surface area contributed by atoms with Crippen LogP contribution in [0.3, 0.4) is 0 Å². The molecule has 3 rings (SSSR count). The Morgan fingerprint density at radius 3 is 2.41 bits per heavy atom. The van der Waals surface area contributed by atoms with Gasteiger partial charge in [-0.2, -0.15) is 0 Å². The van der Waals surface area contributed by atoms with Gasteiger partial charge >= 0.3 is 6.03 Å². The number of halogens is 2. The van der Waals surface area contributed by atoms with Crippen molar-refractivity contribution in [1.82, 2.24) is 5.32 Å². The van der Waals surface area contributed by atoms with Crippen molar-refractivity contribution in [2.24, 2.45) is 0 Å². The molecule has 0 atom stereocenters. The average Bonchev–Trinajstić information content (AvgIpc) is 3.18. The first-order chi connectivity index (χ1) is 13.0. The summed E-state index contributed by atoms with van der Waals surface area (Å²) in [6, 6.07) is 14.7. The molecule has 0 saturated carbocycles. The van der Waals surface area contributed by atoms with E-state index in [9.17, 15) is 9.59 Å². The maximum atomic E-state index is 12.0. The first kappa shape index (κ1) is 18.8. The Labute approximate surface area is 165 Å². The van der Waals surface area contributed by atoms with E-state index >= 15 is 0 Å². The van der Waals surface area contributed by atoms with Gasteiger partial charge in [0.2, 0.25) is 0 Å². The van der Waals surface area contributed by atoms with Crippen molar-refractivity contribution in [2.75, 3.05) is 10.6 Å². The van der Waals surface area contributed by atoms with Crippen LogP contribution in [0.4, 0.5) is 16.2 Å². The van der Waals surface area contributed by atoms with E-state index in [1.165, 1.54) is 6.26 Å². The molecule has 0 unspecified atom stereocenters. The van der Waals surface area contributed by atoms with E-state index in [-0.39, 0.29) is 16.8 Å². The van der Waals surface area contributed by atoms with E-state index in [1.54, 1.807) is 42.5 Å².